The Bertz CT molecular complexity index is 778. The van der Waals surface area contributed by atoms with Crippen molar-refractivity contribution in [3.05, 3.63) is 45.8 Å². The zero-order valence-corrected chi connectivity index (χ0v) is 14.7. The van der Waals surface area contributed by atoms with Gasteiger partial charge in [-0.3, -0.25) is 9.59 Å². The summed E-state index contributed by atoms with van der Waals surface area (Å²) in [5, 5.41) is 3.46. The van der Waals surface area contributed by atoms with Crippen LogP contribution in [0.4, 0.5) is 10.7 Å². The minimum Gasteiger partial charge on any atom is -0.378 e. The molecule has 5 nitrogen and oxygen atoms in total. The van der Waals surface area contributed by atoms with Crippen LogP contribution in [0.1, 0.15) is 44.0 Å². The molecule has 1 aliphatic carbocycles. The molecule has 1 aromatic heterocycles. The van der Waals surface area contributed by atoms with Crippen LogP contribution in [-0.2, 0) is 12.8 Å². The van der Waals surface area contributed by atoms with Gasteiger partial charge in [0, 0.05) is 30.2 Å². The van der Waals surface area contributed by atoms with E-state index >= 15 is 0 Å². The molecule has 0 saturated heterocycles. The Balaban J connectivity index is 1.86. The molecule has 0 unspecified atom stereocenters. The quantitative estimate of drug-likeness (QED) is 0.896. The molecule has 0 fully saturated rings. The largest absolute Gasteiger partial charge is 0.378 e. The van der Waals surface area contributed by atoms with Gasteiger partial charge in [-0.1, -0.05) is 0 Å². The van der Waals surface area contributed by atoms with Crippen LogP contribution in [0.25, 0.3) is 0 Å². The van der Waals surface area contributed by atoms with Crippen molar-refractivity contribution >= 4 is 33.8 Å². The molecule has 0 spiro atoms. The Morgan fingerprint density at radius 2 is 1.79 bits per heavy atom. The van der Waals surface area contributed by atoms with E-state index in [4.69, 9.17) is 5.73 Å². The fourth-order valence-electron chi connectivity index (χ4n) is 3.00. The molecular weight excluding hydrogens is 322 g/mol. The lowest BCUT2D eigenvalue weighted by molar-refractivity contribution is 0.100. The maximum atomic E-state index is 12.5. The summed E-state index contributed by atoms with van der Waals surface area (Å²) in [5.41, 5.74) is 8.66. The predicted octanol–water partition coefficient (Wildman–Crippen LogP) is 3.04. The number of carbonyl (C=O) groups excluding carboxylic acids is 2. The Hall–Kier alpha value is -2.34. The number of anilines is 2. The van der Waals surface area contributed by atoms with Crippen molar-refractivity contribution in [2.24, 2.45) is 5.73 Å². The van der Waals surface area contributed by atoms with Crippen molar-refractivity contribution in [2.45, 2.75) is 25.7 Å². The molecule has 3 N–H and O–H groups in total. The molecule has 0 saturated carbocycles. The average molecular weight is 343 g/mol. The van der Waals surface area contributed by atoms with Gasteiger partial charge in [0.25, 0.3) is 11.8 Å². The number of carbonyl (C=O) groups is 2. The number of aryl methyl sites for hydroxylation is 1. The van der Waals surface area contributed by atoms with Crippen LogP contribution in [0.2, 0.25) is 0 Å². The summed E-state index contributed by atoms with van der Waals surface area (Å²) in [6.45, 7) is 0. The maximum Gasteiger partial charge on any atom is 0.256 e. The van der Waals surface area contributed by atoms with Crippen molar-refractivity contribution in [3.63, 3.8) is 0 Å². The molecule has 6 heteroatoms. The van der Waals surface area contributed by atoms with Crippen LogP contribution in [0.5, 0.6) is 0 Å². The number of primary amides is 1. The number of benzene rings is 1. The topological polar surface area (TPSA) is 75.4 Å². The average Bonchev–Trinajstić information content (AvgIpc) is 2.92. The lowest BCUT2D eigenvalue weighted by Gasteiger charge is -2.12. The van der Waals surface area contributed by atoms with Gasteiger partial charge in [-0.2, -0.15) is 0 Å². The summed E-state index contributed by atoms with van der Waals surface area (Å²) >= 11 is 1.48. The molecule has 2 amide bonds. The highest BCUT2D eigenvalue weighted by Crippen LogP contribution is 2.38. The van der Waals surface area contributed by atoms with Crippen LogP contribution < -0.4 is 16.0 Å². The normalized spacial score (nSPS) is 13.2. The van der Waals surface area contributed by atoms with E-state index in [9.17, 15) is 9.59 Å². The van der Waals surface area contributed by atoms with Gasteiger partial charge in [-0.25, -0.2) is 0 Å². The summed E-state index contributed by atoms with van der Waals surface area (Å²) in [6.07, 6.45) is 3.99. The molecule has 0 atom stereocenters. The second kappa shape index (κ2) is 6.65. The summed E-state index contributed by atoms with van der Waals surface area (Å²) in [4.78, 5) is 27.5. The Labute approximate surface area is 145 Å². The Kier molecular flexibility index (Phi) is 4.57. The molecule has 24 heavy (non-hydrogen) atoms. The lowest BCUT2D eigenvalue weighted by Crippen LogP contribution is -2.18. The van der Waals surface area contributed by atoms with E-state index in [0.717, 1.165) is 36.9 Å². The molecule has 3 rings (SSSR count). The van der Waals surface area contributed by atoms with E-state index < -0.39 is 5.91 Å². The standard InChI is InChI=1S/C18H21N3O2S/c1-21(2)12-9-7-11(8-10-12)17(23)20-18-15(16(19)22)13-5-3-4-6-14(13)24-18/h7-10H,3-6H2,1-2H3,(H2,19,22)(H,20,23). The van der Waals surface area contributed by atoms with Crippen LogP contribution in [-0.4, -0.2) is 25.9 Å². The van der Waals surface area contributed by atoms with E-state index in [0.29, 0.717) is 16.1 Å². The van der Waals surface area contributed by atoms with Gasteiger partial charge in [-0.15, -0.1) is 11.3 Å². The van der Waals surface area contributed by atoms with Gasteiger partial charge in [0.15, 0.2) is 0 Å². The Morgan fingerprint density at radius 3 is 2.42 bits per heavy atom. The fourth-order valence-corrected chi connectivity index (χ4v) is 4.29. The number of amides is 2. The molecule has 0 bridgehead atoms. The first-order chi connectivity index (χ1) is 11.5. The summed E-state index contributed by atoms with van der Waals surface area (Å²) in [7, 11) is 3.90. The second-order valence-corrected chi connectivity index (χ2v) is 7.28. The molecule has 1 heterocycles. The monoisotopic (exact) mass is 343 g/mol. The van der Waals surface area contributed by atoms with E-state index in [1.165, 1.54) is 16.2 Å². The minimum absolute atomic E-state index is 0.221. The van der Waals surface area contributed by atoms with E-state index in [2.05, 4.69) is 5.32 Å². The van der Waals surface area contributed by atoms with Crippen molar-refractivity contribution in [1.29, 1.82) is 0 Å². The molecule has 1 aromatic carbocycles. The fraction of sp³-hybridized carbons (Fsp3) is 0.333. The zero-order chi connectivity index (χ0) is 17.3. The van der Waals surface area contributed by atoms with E-state index in [1.807, 2.05) is 31.1 Å². The molecule has 0 aliphatic heterocycles. The zero-order valence-electron chi connectivity index (χ0n) is 13.9. The van der Waals surface area contributed by atoms with Crippen LogP contribution in [0.15, 0.2) is 24.3 Å². The number of hydrogen-bond acceptors (Lipinski definition) is 4. The first-order valence-electron chi connectivity index (χ1n) is 8.00. The highest BCUT2D eigenvalue weighted by molar-refractivity contribution is 7.17. The minimum atomic E-state index is -0.465. The first-order valence-corrected chi connectivity index (χ1v) is 8.82. The summed E-state index contributed by atoms with van der Waals surface area (Å²) < 4.78 is 0. The Morgan fingerprint density at radius 1 is 1.12 bits per heavy atom. The highest BCUT2D eigenvalue weighted by Gasteiger charge is 2.25. The van der Waals surface area contributed by atoms with Crippen molar-refractivity contribution in [1.82, 2.24) is 0 Å². The number of nitrogens with one attached hydrogen (secondary N) is 1. The second-order valence-electron chi connectivity index (χ2n) is 6.17. The number of hydrogen-bond donors (Lipinski definition) is 2. The highest BCUT2D eigenvalue weighted by atomic mass is 32.1. The third-order valence-electron chi connectivity index (χ3n) is 4.29. The number of fused-ring (bicyclic) bond motifs is 1. The number of thiophene rings is 1. The molecular formula is C18H21N3O2S. The first kappa shape index (κ1) is 16.5. The molecule has 1 aliphatic rings. The van der Waals surface area contributed by atoms with E-state index in [1.54, 1.807) is 12.1 Å². The molecule has 2 aromatic rings. The van der Waals surface area contributed by atoms with Gasteiger partial charge >= 0.3 is 0 Å². The summed E-state index contributed by atoms with van der Waals surface area (Å²) in [5.74, 6) is -0.686. The maximum absolute atomic E-state index is 12.5. The molecule has 126 valence electrons. The van der Waals surface area contributed by atoms with Gasteiger partial charge in [-0.05, 0) is 55.5 Å². The van der Waals surface area contributed by atoms with Crippen LogP contribution in [0, 0.1) is 0 Å². The number of nitrogens with two attached hydrogens (primary N) is 1. The smallest absolute Gasteiger partial charge is 0.256 e. The van der Waals surface area contributed by atoms with Gasteiger partial charge in [0.1, 0.15) is 5.00 Å². The van der Waals surface area contributed by atoms with Crippen LogP contribution >= 0.6 is 11.3 Å². The number of rotatable bonds is 4. The van der Waals surface area contributed by atoms with Gasteiger partial charge < -0.3 is 16.0 Å². The third-order valence-corrected chi connectivity index (χ3v) is 5.50. The lowest BCUT2D eigenvalue weighted by atomic mass is 9.95. The van der Waals surface area contributed by atoms with Crippen LogP contribution in [0.3, 0.4) is 0 Å². The van der Waals surface area contributed by atoms with Crippen molar-refractivity contribution < 1.29 is 9.59 Å². The van der Waals surface area contributed by atoms with Crippen molar-refractivity contribution in [2.75, 3.05) is 24.3 Å². The number of nitrogens with zero attached hydrogens (tertiary/aromatic N) is 1. The SMILES string of the molecule is CN(C)c1ccc(C(=O)Nc2sc3c(c2C(N)=O)CCCC3)cc1. The molecule has 0 radical (unpaired) electrons. The summed E-state index contributed by atoms with van der Waals surface area (Å²) in [6, 6.07) is 7.34. The van der Waals surface area contributed by atoms with E-state index in [-0.39, 0.29) is 5.91 Å². The van der Waals surface area contributed by atoms with Gasteiger partial charge in [0.05, 0.1) is 5.56 Å². The van der Waals surface area contributed by atoms with Gasteiger partial charge in [0.2, 0.25) is 0 Å². The predicted molar refractivity (Wildman–Crippen MR) is 98.2 cm³/mol. The van der Waals surface area contributed by atoms with Crippen molar-refractivity contribution in [3.8, 4) is 0 Å². The third kappa shape index (κ3) is 3.14.